The Labute approximate surface area is 173 Å². The van der Waals surface area contributed by atoms with E-state index in [1.165, 1.54) is 16.9 Å². The van der Waals surface area contributed by atoms with Gasteiger partial charge >= 0.3 is 5.97 Å². The third-order valence-electron chi connectivity index (χ3n) is 4.32. The highest BCUT2D eigenvalue weighted by molar-refractivity contribution is 7.13. The van der Waals surface area contributed by atoms with E-state index in [0.717, 1.165) is 16.3 Å². The summed E-state index contributed by atoms with van der Waals surface area (Å²) in [5.74, 6) is 0.339. The first-order valence-corrected chi connectivity index (χ1v) is 10.1. The van der Waals surface area contributed by atoms with E-state index in [9.17, 15) is 4.79 Å². The molecular formula is C23H20N2O3S. The Balaban J connectivity index is 1.46. The molecule has 146 valence electrons. The molecule has 0 N–H and O–H groups in total. The van der Waals surface area contributed by atoms with Crippen LogP contribution >= 0.6 is 11.3 Å². The summed E-state index contributed by atoms with van der Waals surface area (Å²) in [4.78, 5) is 13.7. The van der Waals surface area contributed by atoms with Crippen LogP contribution in [0.3, 0.4) is 0 Å². The maximum absolute atomic E-state index is 12.7. The Hall–Kier alpha value is -3.38. The Morgan fingerprint density at radius 3 is 2.52 bits per heavy atom. The number of benzene rings is 2. The van der Waals surface area contributed by atoms with E-state index in [0.29, 0.717) is 11.3 Å². The van der Waals surface area contributed by atoms with Crippen molar-refractivity contribution >= 4 is 17.3 Å². The zero-order valence-electron chi connectivity index (χ0n) is 15.9. The zero-order valence-corrected chi connectivity index (χ0v) is 16.8. The molecule has 0 fully saturated rings. The lowest BCUT2D eigenvalue weighted by Crippen LogP contribution is -2.12. The van der Waals surface area contributed by atoms with Gasteiger partial charge in [0, 0.05) is 6.20 Å². The summed E-state index contributed by atoms with van der Waals surface area (Å²) in [6.45, 7) is 2.47. The molecule has 5 nitrogen and oxygen atoms in total. The van der Waals surface area contributed by atoms with E-state index >= 15 is 0 Å². The van der Waals surface area contributed by atoms with Crippen molar-refractivity contribution < 1.29 is 14.3 Å². The Morgan fingerprint density at radius 2 is 1.79 bits per heavy atom. The molecule has 0 bridgehead atoms. The van der Waals surface area contributed by atoms with E-state index in [2.05, 4.69) is 5.10 Å². The minimum atomic E-state index is -0.414. The zero-order chi connectivity index (χ0) is 20.1. The number of ether oxygens (including phenoxy) is 2. The maximum atomic E-state index is 12.7. The highest BCUT2D eigenvalue weighted by Gasteiger charge is 2.20. The molecule has 2 aromatic heterocycles. The van der Waals surface area contributed by atoms with Crippen LogP contribution in [-0.2, 0) is 4.74 Å². The fourth-order valence-electron chi connectivity index (χ4n) is 2.84. The molecule has 29 heavy (non-hydrogen) atoms. The molecule has 0 saturated carbocycles. The van der Waals surface area contributed by atoms with E-state index in [4.69, 9.17) is 9.47 Å². The van der Waals surface area contributed by atoms with Gasteiger partial charge in [-0.2, -0.15) is 5.10 Å². The van der Waals surface area contributed by atoms with Crippen LogP contribution in [0, 0.1) is 6.92 Å². The lowest BCUT2D eigenvalue weighted by molar-refractivity contribution is 0.0451. The molecule has 0 saturated heterocycles. The summed E-state index contributed by atoms with van der Waals surface area (Å²) in [6.07, 6.45) is 1.72. The lowest BCUT2D eigenvalue weighted by Gasteiger charge is -2.07. The van der Waals surface area contributed by atoms with Crippen molar-refractivity contribution in [2.24, 2.45) is 0 Å². The topological polar surface area (TPSA) is 53.4 Å². The molecular weight excluding hydrogens is 384 g/mol. The normalized spacial score (nSPS) is 10.7. The molecule has 4 aromatic rings. The largest absolute Gasteiger partial charge is 0.490 e. The first-order chi connectivity index (χ1) is 14.2. The van der Waals surface area contributed by atoms with Gasteiger partial charge in [0.1, 0.15) is 30.2 Å². The third kappa shape index (κ3) is 4.55. The predicted molar refractivity (Wildman–Crippen MR) is 114 cm³/mol. The predicted octanol–water partition coefficient (Wildman–Crippen LogP) is 5.15. The summed E-state index contributed by atoms with van der Waals surface area (Å²) < 4.78 is 12.8. The molecule has 2 heterocycles. The number of aryl methyl sites for hydroxylation is 1. The van der Waals surface area contributed by atoms with Crippen molar-refractivity contribution in [1.82, 2.24) is 9.78 Å². The van der Waals surface area contributed by atoms with Gasteiger partial charge in [-0.25, -0.2) is 9.48 Å². The quantitative estimate of drug-likeness (QED) is 0.316. The highest BCUT2D eigenvalue weighted by atomic mass is 32.1. The van der Waals surface area contributed by atoms with Crippen molar-refractivity contribution in [1.29, 1.82) is 0 Å². The average Bonchev–Trinajstić information content (AvgIpc) is 3.43. The molecule has 0 unspecified atom stereocenters. The van der Waals surface area contributed by atoms with Gasteiger partial charge in [0.2, 0.25) is 0 Å². The Kier molecular flexibility index (Phi) is 5.72. The second kappa shape index (κ2) is 8.75. The van der Waals surface area contributed by atoms with E-state index in [1.807, 2.05) is 79.0 Å². The van der Waals surface area contributed by atoms with Crippen molar-refractivity contribution in [3.8, 4) is 22.0 Å². The number of esters is 1. The number of hydrogen-bond acceptors (Lipinski definition) is 5. The summed E-state index contributed by atoms with van der Waals surface area (Å²) in [5.41, 5.74) is 3.10. The van der Waals surface area contributed by atoms with Crippen molar-refractivity contribution in [3.05, 3.63) is 89.4 Å². The fraction of sp³-hybridized carbons (Fsp3) is 0.130. The number of thiophene rings is 1. The van der Waals surface area contributed by atoms with Gasteiger partial charge in [0.05, 0.1) is 10.6 Å². The van der Waals surface area contributed by atoms with Crippen molar-refractivity contribution in [2.75, 3.05) is 13.2 Å². The van der Waals surface area contributed by atoms with Gasteiger partial charge in [-0.3, -0.25) is 0 Å². The van der Waals surface area contributed by atoms with Crippen LogP contribution in [0.5, 0.6) is 5.75 Å². The van der Waals surface area contributed by atoms with Crippen molar-refractivity contribution in [2.45, 2.75) is 6.92 Å². The number of aromatic nitrogens is 2. The van der Waals surface area contributed by atoms with Crippen LogP contribution < -0.4 is 4.74 Å². The van der Waals surface area contributed by atoms with Crippen LogP contribution in [0.15, 0.2) is 78.3 Å². The van der Waals surface area contributed by atoms with Gasteiger partial charge in [0.15, 0.2) is 0 Å². The molecule has 0 atom stereocenters. The van der Waals surface area contributed by atoms with Crippen molar-refractivity contribution in [3.63, 3.8) is 0 Å². The van der Waals surface area contributed by atoms with Crippen LogP contribution in [0.1, 0.15) is 15.9 Å². The minimum Gasteiger partial charge on any atom is -0.490 e. The molecule has 0 aliphatic carbocycles. The molecule has 0 radical (unpaired) electrons. The maximum Gasteiger partial charge on any atom is 0.342 e. The second-order valence-electron chi connectivity index (χ2n) is 6.45. The first kappa shape index (κ1) is 19.0. The summed E-state index contributed by atoms with van der Waals surface area (Å²) in [7, 11) is 0. The number of carbonyl (C=O) groups excluding carboxylic acids is 1. The minimum absolute atomic E-state index is 0.160. The van der Waals surface area contributed by atoms with E-state index in [1.54, 1.807) is 10.9 Å². The van der Waals surface area contributed by atoms with E-state index < -0.39 is 5.97 Å². The molecule has 4 rings (SSSR count). The third-order valence-corrected chi connectivity index (χ3v) is 5.19. The van der Waals surface area contributed by atoms with Gasteiger partial charge in [-0.15, -0.1) is 11.3 Å². The summed E-state index contributed by atoms with van der Waals surface area (Å²) in [6, 6.07) is 21.3. The van der Waals surface area contributed by atoms with Crippen LogP contribution in [-0.4, -0.2) is 29.0 Å². The van der Waals surface area contributed by atoms with Crippen LogP contribution in [0.25, 0.3) is 16.3 Å². The second-order valence-corrected chi connectivity index (χ2v) is 7.39. The molecule has 0 aliphatic heterocycles. The van der Waals surface area contributed by atoms with E-state index in [-0.39, 0.29) is 13.2 Å². The number of rotatable bonds is 7. The standard InChI is InChI=1S/C23H20N2O3S/c1-17-9-11-19(12-10-17)27-13-14-28-23(26)20-16-25(18-6-3-2-4-7-18)24-22(20)21-8-5-15-29-21/h2-12,15-16H,13-14H2,1H3. The number of hydrogen-bond donors (Lipinski definition) is 0. The average molecular weight is 404 g/mol. The number of carbonyl (C=O) groups is 1. The van der Waals surface area contributed by atoms with Gasteiger partial charge in [0.25, 0.3) is 0 Å². The molecule has 0 spiro atoms. The van der Waals surface area contributed by atoms with Gasteiger partial charge in [-0.05, 0) is 42.6 Å². The Morgan fingerprint density at radius 1 is 1.00 bits per heavy atom. The molecule has 0 amide bonds. The smallest absolute Gasteiger partial charge is 0.342 e. The molecule has 0 aliphatic rings. The highest BCUT2D eigenvalue weighted by Crippen LogP contribution is 2.28. The lowest BCUT2D eigenvalue weighted by atomic mass is 10.2. The molecule has 2 aromatic carbocycles. The van der Waals surface area contributed by atoms with Crippen LogP contribution in [0.2, 0.25) is 0 Å². The first-order valence-electron chi connectivity index (χ1n) is 9.26. The summed E-state index contributed by atoms with van der Waals surface area (Å²) >= 11 is 1.53. The Bertz CT molecular complexity index is 1070. The number of para-hydroxylation sites is 1. The number of nitrogens with zero attached hydrogens (tertiary/aromatic N) is 2. The monoisotopic (exact) mass is 404 g/mol. The van der Waals surface area contributed by atoms with Gasteiger partial charge < -0.3 is 9.47 Å². The fourth-order valence-corrected chi connectivity index (χ4v) is 3.56. The molecule has 6 heteroatoms. The SMILES string of the molecule is Cc1ccc(OCCOC(=O)c2cn(-c3ccccc3)nc2-c2cccs2)cc1. The van der Waals surface area contributed by atoms with Gasteiger partial charge in [-0.1, -0.05) is 42.0 Å². The van der Waals surface area contributed by atoms with Crippen LogP contribution in [0.4, 0.5) is 0 Å². The summed E-state index contributed by atoms with van der Waals surface area (Å²) in [5, 5.41) is 6.58.